The maximum atomic E-state index is 12.5. The summed E-state index contributed by atoms with van der Waals surface area (Å²) in [7, 11) is 0. The molecule has 1 heterocycles. The summed E-state index contributed by atoms with van der Waals surface area (Å²) in [6.45, 7) is 0.790. The van der Waals surface area contributed by atoms with Crippen LogP contribution in [0, 0.1) is 11.7 Å². The van der Waals surface area contributed by atoms with E-state index in [1.54, 1.807) is 0 Å². The van der Waals surface area contributed by atoms with E-state index in [0.717, 1.165) is 44.6 Å². The highest BCUT2D eigenvalue weighted by Gasteiger charge is 2.19. The first kappa shape index (κ1) is 11.3. The second kappa shape index (κ2) is 5.21. The molecular weight excluding hydrogens is 209 g/mol. The van der Waals surface area contributed by atoms with E-state index in [2.05, 4.69) is 15.3 Å². The Balaban J connectivity index is 1.77. The molecule has 16 heavy (non-hydrogen) atoms. The van der Waals surface area contributed by atoms with Gasteiger partial charge in [0.25, 0.3) is 0 Å². The molecule has 0 bridgehead atoms. The standard InChI is InChI=1S/C11H16FN3O/c12-9-6-14-11(15-7-9)13-5-8-1-3-10(16)4-2-8/h6-8,10,16H,1-5H2,(H,13,14,15). The van der Waals surface area contributed by atoms with Gasteiger partial charge in [-0.15, -0.1) is 0 Å². The van der Waals surface area contributed by atoms with Crippen molar-refractivity contribution in [2.75, 3.05) is 11.9 Å². The van der Waals surface area contributed by atoms with Gasteiger partial charge in [-0.25, -0.2) is 14.4 Å². The predicted molar refractivity (Wildman–Crippen MR) is 58.4 cm³/mol. The molecule has 5 heteroatoms. The minimum absolute atomic E-state index is 0.127. The lowest BCUT2D eigenvalue weighted by molar-refractivity contribution is 0.111. The third-order valence-electron chi connectivity index (χ3n) is 2.99. The second-order valence-corrected chi connectivity index (χ2v) is 4.28. The van der Waals surface area contributed by atoms with E-state index in [0.29, 0.717) is 11.9 Å². The van der Waals surface area contributed by atoms with E-state index in [4.69, 9.17) is 0 Å². The van der Waals surface area contributed by atoms with Crippen LogP contribution in [0.15, 0.2) is 12.4 Å². The van der Waals surface area contributed by atoms with Crippen LogP contribution in [0.4, 0.5) is 10.3 Å². The van der Waals surface area contributed by atoms with Crippen LogP contribution < -0.4 is 5.32 Å². The number of anilines is 1. The Labute approximate surface area is 93.9 Å². The van der Waals surface area contributed by atoms with Crippen molar-refractivity contribution < 1.29 is 9.50 Å². The van der Waals surface area contributed by atoms with Gasteiger partial charge in [0.2, 0.25) is 5.95 Å². The fourth-order valence-electron chi connectivity index (χ4n) is 1.99. The van der Waals surface area contributed by atoms with Crippen LogP contribution >= 0.6 is 0 Å². The molecule has 1 aromatic rings. The third kappa shape index (κ3) is 3.13. The molecule has 2 N–H and O–H groups in total. The van der Waals surface area contributed by atoms with Crippen LogP contribution in [0.2, 0.25) is 0 Å². The molecule has 0 spiro atoms. The van der Waals surface area contributed by atoms with Gasteiger partial charge in [-0.05, 0) is 31.6 Å². The Morgan fingerprint density at radius 1 is 1.25 bits per heavy atom. The Hall–Kier alpha value is -1.23. The second-order valence-electron chi connectivity index (χ2n) is 4.28. The molecule has 4 nitrogen and oxygen atoms in total. The summed E-state index contributed by atoms with van der Waals surface area (Å²) < 4.78 is 12.5. The molecule has 0 unspecified atom stereocenters. The van der Waals surface area contributed by atoms with Gasteiger partial charge in [-0.1, -0.05) is 0 Å². The van der Waals surface area contributed by atoms with Gasteiger partial charge in [0.15, 0.2) is 5.82 Å². The van der Waals surface area contributed by atoms with Gasteiger partial charge >= 0.3 is 0 Å². The summed E-state index contributed by atoms with van der Waals surface area (Å²) in [6.07, 6.45) is 5.97. The van der Waals surface area contributed by atoms with Crippen molar-refractivity contribution in [1.82, 2.24) is 9.97 Å². The summed E-state index contributed by atoms with van der Waals surface area (Å²) in [5, 5.41) is 12.4. The highest BCUT2D eigenvalue weighted by molar-refractivity contribution is 5.22. The van der Waals surface area contributed by atoms with Crippen molar-refractivity contribution >= 4 is 5.95 Å². The van der Waals surface area contributed by atoms with E-state index < -0.39 is 5.82 Å². The number of hydrogen-bond donors (Lipinski definition) is 2. The van der Waals surface area contributed by atoms with E-state index in [9.17, 15) is 9.50 Å². The van der Waals surface area contributed by atoms with Gasteiger partial charge in [0.1, 0.15) is 0 Å². The average molecular weight is 225 g/mol. The average Bonchev–Trinajstić information content (AvgIpc) is 2.30. The normalized spacial score (nSPS) is 25.4. The minimum atomic E-state index is -0.425. The van der Waals surface area contributed by atoms with Crippen LogP contribution in [0.3, 0.4) is 0 Å². The molecule has 0 atom stereocenters. The zero-order valence-corrected chi connectivity index (χ0v) is 9.06. The summed E-state index contributed by atoms with van der Waals surface area (Å²) >= 11 is 0. The van der Waals surface area contributed by atoms with Gasteiger partial charge in [-0.3, -0.25) is 0 Å². The number of rotatable bonds is 3. The fourth-order valence-corrected chi connectivity index (χ4v) is 1.99. The first-order chi connectivity index (χ1) is 7.74. The van der Waals surface area contributed by atoms with Crippen molar-refractivity contribution in [2.24, 2.45) is 5.92 Å². The predicted octanol–water partition coefficient (Wildman–Crippen LogP) is 1.58. The number of nitrogens with zero attached hydrogens (tertiary/aromatic N) is 2. The number of hydrogen-bond acceptors (Lipinski definition) is 4. The molecular formula is C11H16FN3O. The molecule has 1 aromatic heterocycles. The number of aliphatic hydroxyl groups is 1. The van der Waals surface area contributed by atoms with Crippen molar-refractivity contribution in [3.05, 3.63) is 18.2 Å². The highest BCUT2D eigenvalue weighted by atomic mass is 19.1. The van der Waals surface area contributed by atoms with Crippen molar-refractivity contribution in [3.8, 4) is 0 Å². The minimum Gasteiger partial charge on any atom is -0.393 e. The largest absolute Gasteiger partial charge is 0.393 e. The summed E-state index contributed by atoms with van der Waals surface area (Å²) in [6, 6.07) is 0. The first-order valence-electron chi connectivity index (χ1n) is 5.63. The summed E-state index contributed by atoms with van der Waals surface area (Å²) in [5.41, 5.74) is 0. The molecule has 0 aromatic carbocycles. The Bertz CT molecular complexity index is 323. The van der Waals surface area contributed by atoms with Crippen molar-refractivity contribution in [2.45, 2.75) is 31.8 Å². The third-order valence-corrected chi connectivity index (χ3v) is 2.99. The Kier molecular flexibility index (Phi) is 3.66. The summed E-state index contributed by atoms with van der Waals surface area (Å²) in [4.78, 5) is 7.66. The van der Waals surface area contributed by atoms with Crippen LogP contribution in [0.25, 0.3) is 0 Å². The first-order valence-corrected chi connectivity index (χ1v) is 5.63. The fraction of sp³-hybridized carbons (Fsp3) is 0.636. The van der Waals surface area contributed by atoms with Crippen LogP contribution in [0.5, 0.6) is 0 Å². The lowest BCUT2D eigenvalue weighted by Gasteiger charge is -2.25. The number of aliphatic hydroxyl groups excluding tert-OH is 1. The molecule has 0 radical (unpaired) electrons. The van der Waals surface area contributed by atoms with Gasteiger partial charge in [0, 0.05) is 6.54 Å². The molecule has 0 aliphatic heterocycles. The Morgan fingerprint density at radius 2 is 1.88 bits per heavy atom. The van der Waals surface area contributed by atoms with Crippen LogP contribution in [-0.4, -0.2) is 27.7 Å². The van der Waals surface area contributed by atoms with E-state index in [1.807, 2.05) is 0 Å². The molecule has 0 amide bonds. The number of nitrogens with one attached hydrogen (secondary N) is 1. The van der Waals surface area contributed by atoms with E-state index in [-0.39, 0.29) is 6.10 Å². The highest BCUT2D eigenvalue weighted by Crippen LogP contribution is 2.24. The van der Waals surface area contributed by atoms with Crippen LogP contribution in [0.1, 0.15) is 25.7 Å². The smallest absolute Gasteiger partial charge is 0.222 e. The van der Waals surface area contributed by atoms with Gasteiger partial charge in [-0.2, -0.15) is 0 Å². The zero-order valence-electron chi connectivity index (χ0n) is 9.06. The van der Waals surface area contributed by atoms with Crippen molar-refractivity contribution in [3.63, 3.8) is 0 Å². The monoisotopic (exact) mass is 225 g/mol. The van der Waals surface area contributed by atoms with Gasteiger partial charge < -0.3 is 10.4 Å². The molecule has 1 aliphatic carbocycles. The molecule has 1 aliphatic rings. The summed E-state index contributed by atoms with van der Waals surface area (Å²) in [5.74, 6) is 0.593. The zero-order chi connectivity index (χ0) is 11.4. The van der Waals surface area contributed by atoms with E-state index in [1.165, 1.54) is 0 Å². The molecule has 0 saturated heterocycles. The lowest BCUT2D eigenvalue weighted by Crippen LogP contribution is -2.24. The number of halogens is 1. The van der Waals surface area contributed by atoms with Crippen molar-refractivity contribution in [1.29, 1.82) is 0 Å². The topological polar surface area (TPSA) is 58.0 Å². The van der Waals surface area contributed by atoms with E-state index >= 15 is 0 Å². The molecule has 1 fully saturated rings. The molecule has 2 rings (SSSR count). The maximum Gasteiger partial charge on any atom is 0.222 e. The lowest BCUT2D eigenvalue weighted by atomic mass is 9.87. The molecule has 1 saturated carbocycles. The van der Waals surface area contributed by atoms with Gasteiger partial charge in [0.05, 0.1) is 18.5 Å². The van der Waals surface area contributed by atoms with Crippen LogP contribution in [-0.2, 0) is 0 Å². The quantitative estimate of drug-likeness (QED) is 0.820. The number of aromatic nitrogens is 2. The molecule has 88 valence electrons. The maximum absolute atomic E-state index is 12.5. The Morgan fingerprint density at radius 3 is 2.50 bits per heavy atom. The SMILES string of the molecule is OC1CCC(CNc2ncc(F)cn2)CC1.